The molecule has 0 saturated heterocycles. The van der Waals surface area contributed by atoms with E-state index in [0.29, 0.717) is 94.0 Å². The van der Waals surface area contributed by atoms with E-state index in [-0.39, 0.29) is 24.1 Å². The maximum Gasteiger partial charge on any atom is 0.348 e. The fourth-order valence-corrected chi connectivity index (χ4v) is 9.42. The normalized spacial score (nSPS) is 12.3. The van der Waals surface area contributed by atoms with Crippen LogP contribution in [0.3, 0.4) is 0 Å². The van der Waals surface area contributed by atoms with Crippen molar-refractivity contribution in [2.24, 2.45) is 0 Å². The van der Waals surface area contributed by atoms with Gasteiger partial charge in [-0.1, -0.05) is 0 Å². The zero-order chi connectivity index (χ0) is 44.1. The molecule has 2 N–H and O–H groups in total. The third kappa shape index (κ3) is 10.5. The summed E-state index contributed by atoms with van der Waals surface area (Å²) in [6, 6.07) is 16.7. The number of nitrogens with one attached hydrogen (secondary N) is 2. The lowest BCUT2D eigenvalue weighted by molar-refractivity contribution is -0.166. The smallest absolute Gasteiger partial charge is 0.348 e. The molecule has 2 amide bonds. The topological polar surface area (TPSA) is 156 Å². The summed E-state index contributed by atoms with van der Waals surface area (Å²) in [5.74, 6) is -0.946. The molecule has 0 radical (unpaired) electrons. The molecule has 6 aromatic rings. The van der Waals surface area contributed by atoms with Crippen LogP contribution in [0.4, 0.5) is 8.78 Å². The number of aryl methyl sites for hydroxylation is 2. The van der Waals surface area contributed by atoms with Gasteiger partial charge in [0.05, 0.1) is 46.4 Å². The number of imidazole rings is 2. The third-order valence-electron chi connectivity index (χ3n) is 9.39. The van der Waals surface area contributed by atoms with Crippen LogP contribution in [0.15, 0.2) is 78.6 Å². The van der Waals surface area contributed by atoms with E-state index in [1.165, 1.54) is 0 Å². The van der Waals surface area contributed by atoms with Gasteiger partial charge in [0, 0.05) is 51.7 Å². The van der Waals surface area contributed by atoms with Crippen LogP contribution in [-0.4, -0.2) is 68.8 Å². The van der Waals surface area contributed by atoms with Crippen molar-refractivity contribution in [3.8, 4) is 23.0 Å². The summed E-state index contributed by atoms with van der Waals surface area (Å²) in [7, 11) is 1.57. The van der Waals surface area contributed by atoms with Gasteiger partial charge in [-0.3, -0.25) is 9.59 Å². The minimum Gasteiger partial charge on any atom is -0.455 e. The molecule has 0 spiro atoms. The Bertz CT molecular complexity index is 2630. The Morgan fingerprint density at radius 3 is 1.59 bits per heavy atom. The first-order chi connectivity index (χ1) is 29.1. The Hall–Kier alpha value is -4.72. The van der Waals surface area contributed by atoms with E-state index in [1.807, 2.05) is 25.3 Å². The zero-order valence-corrected chi connectivity index (χ0v) is 39.4. The van der Waals surface area contributed by atoms with Crippen LogP contribution < -0.4 is 20.1 Å². The van der Waals surface area contributed by atoms with Crippen LogP contribution in [-0.2, 0) is 51.5 Å². The lowest BCUT2D eigenvalue weighted by Gasteiger charge is -2.15. The molecule has 2 atom stereocenters. The highest BCUT2D eigenvalue weighted by Crippen LogP contribution is 2.40. The summed E-state index contributed by atoms with van der Waals surface area (Å²) >= 11 is 13.8. The number of likely N-dealkylation sites (N-methyl/N-ethyl adjacent to an activating group) is 1. The van der Waals surface area contributed by atoms with Gasteiger partial charge in [0.1, 0.15) is 17.3 Å². The highest BCUT2D eigenvalue weighted by molar-refractivity contribution is 9.11. The predicted molar refractivity (Wildman–Crippen MR) is 239 cm³/mol. The number of hydrogen-bond donors (Lipinski definition) is 2. The second-order valence-electron chi connectivity index (χ2n) is 13.5. The molecule has 2 heterocycles. The molecular weight excluding hydrogens is 1060 g/mol. The number of alkyl halides is 2. The van der Waals surface area contributed by atoms with Crippen LogP contribution >= 0.6 is 63.7 Å². The summed E-state index contributed by atoms with van der Waals surface area (Å²) in [6.07, 6.45) is -5.38. The van der Waals surface area contributed by atoms with Gasteiger partial charge in [-0.15, -0.1) is 0 Å². The van der Waals surface area contributed by atoms with Crippen LogP contribution in [0.2, 0.25) is 0 Å². The Morgan fingerprint density at radius 1 is 0.689 bits per heavy atom. The fraction of sp³-hybridized carbons (Fsp3) is 0.286. The van der Waals surface area contributed by atoms with Crippen molar-refractivity contribution >= 4 is 110 Å². The molecule has 0 fully saturated rings. The molecular formula is C42H38Br4F2N6O7. The van der Waals surface area contributed by atoms with E-state index < -0.39 is 37.1 Å². The summed E-state index contributed by atoms with van der Waals surface area (Å²) < 4.78 is 52.8. The van der Waals surface area contributed by atoms with Crippen LogP contribution in [0.25, 0.3) is 22.1 Å². The van der Waals surface area contributed by atoms with Crippen molar-refractivity contribution in [2.75, 3.05) is 13.6 Å². The zero-order valence-electron chi connectivity index (χ0n) is 33.1. The fourth-order valence-electron chi connectivity index (χ4n) is 6.53. The first kappa shape index (κ1) is 45.8. The van der Waals surface area contributed by atoms with E-state index in [9.17, 15) is 19.2 Å². The SMILES string of the molecule is CCNC(=O)c1nc2ccc(Oc3c(Br)cc(CC(F)C(=O)OC(=O)C(F)Cc4cc(Br)c(Oc5ccc6nc(CC(=O)NC)n(CC)c6c5)c(Br)c4)cc3Br)cc2n1CC. The van der Waals surface area contributed by atoms with Gasteiger partial charge in [-0.05, 0) is 144 Å². The summed E-state index contributed by atoms with van der Waals surface area (Å²) in [5.41, 5.74) is 3.49. The van der Waals surface area contributed by atoms with Crippen molar-refractivity contribution in [3.05, 3.63) is 101 Å². The average Bonchev–Trinajstić information content (AvgIpc) is 3.77. The Morgan fingerprint density at radius 2 is 1.15 bits per heavy atom. The number of nitrogens with zero attached hydrogens (tertiary/aromatic N) is 4. The number of benzene rings is 4. The van der Waals surface area contributed by atoms with Gasteiger partial charge >= 0.3 is 11.9 Å². The Kier molecular flexibility index (Phi) is 15.0. The van der Waals surface area contributed by atoms with E-state index >= 15 is 8.78 Å². The molecule has 19 heteroatoms. The van der Waals surface area contributed by atoms with Crippen LogP contribution in [0.1, 0.15) is 48.3 Å². The van der Waals surface area contributed by atoms with Crippen molar-refractivity contribution in [1.29, 1.82) is 0 Å². The van der Waals surface area contributed by atoms with Gasteiger partial charge in [-0.25, -0.2) is 28.3 Å². The number of carbonyl (C=O) groups excluding carboxylic acids is 4. The first-order valence-electron chi connectivity index (χ1n) is 19.0. The van der Waals surface area contributed by atoms with Gasteiger partial charge in [0.2, 0.25) is 18.3 Å². The summed E-state index contributed by atoms with van der Waals surface area (Å²) in [6.45, 7) is 7.22. The number of esters is 2. The van der Waals surface area contributed by atoms with E-state index in [0.717, 1.165) is 5.52 Å². The standard InChI is InChI=1S/C42H38Br4F2N6O7/c1-5-50-40(56)39-52-32-11-9-24(19-34(32)54(39)7-3)60-38-27(45)14-22(15-28(38)46)17-30(48)42(58)61-41(57)29(47)16-21-12-25(43)37(26(44)13-21)59-23-8-10-31-33(18-23)53(6-2)35(51-31)20-36(55)49-4/h8-15,18-19,29-30H,5-7,16-17,20H2,1-4H3,(H,49,55)(H,50,56). The third-order valence-corrected chi connectivity index (χ3v) is 11.7. The number of fused-ring (bicyclic) bond motifs is 2. The van der Waals surface area contributed by atoms with Crippen LogP contribution in [0, 0.1) is 0 Å². The van der Waals surface area contributed by atoms with Crippen molar-refractivity contribution < 1.29 is 42.2 Å². The molecule has 2 aromatic heterocycles. The molecule has 61 heavy (non-hydrogen) atoms. The maximum absolute atomic E-state index is 15.2. The summed E-state index contributed by atoms with van der Waals surface area (Å²) in [4.78, 5) is 58.9. The van der Waals surface area contributed by atoms with Gasteiger partial charge in [0.25, 0.3) is 5.91 Å². The van der Waals surface area contributed by atoms with E-state index in [1.54, 1.807) is 72.3 Å². The van der Waals surface area contributed by atoms with E-state index in [4.69, 9.17) is 9.47 Å². The minimum atomic E-state index is -2.28. The number of halogens is 6. The number of aromatic nitrogens is 4. The number of ether oxygens (including phenoxy) is 3. The molecule has 0 saturated carbocycles. The highest BCUT2D eigenvalue weighted by Gasteiger charge is 2.29. The molecule has 0 aliphatic heterocycles. The van der Waals surface area contributed by atoms with E-state index in [2.05, 4.69) is 89.1 Å². The number of carbonyl (C=O) groups is 4. The summed E-state index contributed by atoms with van der Waals surface area (Å²) in [5, 5.41) is 5.37. The van der Waals surface area contributed by atoms with Gasteiger partial charge in [-0.2, -0.15) is 0 Å². The lowest BCUT2D eigenvalue weighted by atomic mass is 10.1. The number of rotatable bonds is 16. The molecule has 2 unspecified atom stereocenters. The van der Waals surface area contributed by atoms with Crippen molar-refractivity contribution in [2.45, 2.75) is 65.5 Å². The number of hydrogen-bond acceptors (Lipinski definition) is 9. The second-order valence-corrected chi connectivity index (χ2v) is 16.9. The Labute approximate surface area is 382 Å². The molecule has 6 rings (SSSR count). The first-order valence-corrected chi connectivity index (χ1v) is 22.1. The molecule has 0 bridgehead atoms. The number of amides is 2. The molecule has 4 aromatic carbocycles. The highest BCUT2D eigenvalue weighted by atomic mass is 79.9. The van der Waals surface area contributed by atoms with Crippen LogP contribution in [0.5, 0.6) is 23.0 Å². The predicted octanol–water partition coefficient (Wildman–Crippen LogP) is 9.63. The van der Waals surface area contributed by atoms with Gasteiger partial charge in [0.15, 0.2) is 17.3 Å². The van der Waals surface area contributed by atoms with Gasteiger partial charge < -0.3 is 34.0 Å². The average molecular weight is 1100 g/mol. The van der Waals surface area contributed by atoms with Crippen molar-refractivity contribution in [3.63, 3.8) is 0 Å². The molecule has 0 aliphatic rings. The second kappa shape index (κ2) is 20.0. The lowest BCUT2D eigenvalue weighted by Crippen LogP contribution is -2.29. The van der Waals surface area contributed by atoms with Crippen molar-refractivity contribution in [1.82, 2.24) is 29.7 Å². The molecule has 0 aliphatic carbocycles. The largest absolute Gasteiger partial charge is 0.455 e. The molecule has 320 valence electrons. The maximum atomic E-state index is 15.2. The quantitative estimate of drug-likeness (QED) is 0.0712. The minimum absolute atomic E-state index is 0.125. The monoisotopic (exact) mass is 1090 g/mol. The molecule has 13 nitrogen and oxygen atoms in total. The Balaban J connectivity index is 1.06.